The number of nitrogens with one attached hydrogen (secondary N) is 2. The number of rotatable bonds is 4. The molecule has 0 radical (unpaired) electrons. The summed E-state index contributed by atoms with van der Waals surface area (Å²) < 4.78 is 0. The molecule has 2 N–H and O–H groups in total. The molecule has 164 valence electrons. The molecule has 0 aromatic heterocycles. The topological polar surface area (TPSA) is 24.1 Å². The lowest BCUT2D eigenvalue weighted by Gasteiger charge is -2.12. The molecule has 0 heterocycles. The highest BCUT2D eigenvalue weighted by Gasteiger charge is 2.03. The van der Waals surface area contributed by atoms with Crippen LogP contribution < -0.4 is 10.6 Å². The van der Waals surface area contributed by atoms with Crippen molar-refractivity contribution in [3.05, 3.63) is 146 Å². The van der Waals surface area contributed by atoms with Gasteiger partial charge in [-0.15, -0.1) is 0 Å². The monoisotopic (exact) mass is 438 g/mol. The molecular weight excluding hydrogens is 412 g/mol. The number of hydrogen-bond acceptors (Lipinski definition) is 2. The number of fused-ring (bicyclic) bond motifs is 2. The van der Waals surface area contributed by atoms with Gasteiger partial charge in [0.1, 0.15) is 0 Å². The van der Waals surface area contributed by atoms with E-state index in [1.165, 1.54) is 21.5 Å². The van der Waals surface area contributed by atoms with Gasteiger partial charge in [0, 0.05) is 33.5 Å². The SMILES string of the molecule is c1ccc(Nc2ccccc2)cc1.c1ccc2c(Nc3cccc4ccccc34)cccc2c1. The predicted molar refractivity (Wildman–Crippen MR) is 147 cm³/mol. The van der Waals surface area contributed by atoms with Gasteiger partial charge < -0.3 is 10.6 Å². The molecule has 0 aliphatic heterocycles. The molecule has 0 saturated carbocycles. The molecule has 6 rings (SSSR count). The molecular formula is C32H26N2. The van der Waals surface area contributed by atoms with Gasteiger partial charge in [-0.3, -0.25) is 0 Å². The summed E-state index contributed by atoms with van der Waals surface area (Å²) in [6, 6.07) is 49.9. The molecule has 6 aromatic rings. The third kappa shape index (κ3) is 5.08. The fourth-order valence-electron chi connectivity index (χ4n) is 4.02. The summed E-state index contributed by atoms with van der Waals surface area (Å²) in [4.78, 5) is 0. The molecule has 2 nitrogen and oxygen atoms in total. The maximum Gasteiger partial charge on any atom is 0.0464 e. The predicted octanol–water partition coefficient (Wildman–Crippen LogP) is 9.17. The van der Waals surface area contributed by atoms with E-state index < -0.39 is 0 Å². The van der Waals surface area contributed by atoms with E-state index in [9.17, 15) is 0 Å². The highest BCUT2D eigenvalue weighted by molar-refractivity contribution is 6.00. The fourth-order valence-corrected chi connectivity index (χ4v) is 4.02. The van der Waals surface area contributed by atoms with Crippen LogP contribution in [0.1, 0.15) is 0 Å². The van der Waals surface area contributed by atoms with Crippen LogP contribution >= 0.6 is 0 Å². The Hall–Kier alpha value is -4.56. The standard InChI is InChI=1S/C20H15N.C12H11N/c1-3-11-17-15(7-1)9-5-13-19(17)21-20-14-6-10-16-8-2-4-12-18(16)20;1-3-7-11(8-4-1)13-12-9-5-2-6-10-12/h1-14,21H;1-10,13H. The van der Waals surface area contributed by atoms with Gasteiger partial charge in [0.25, 0.3) is 0 Å². The second kappa shape index (κ2) is 10.4. The summed E-state index contributed by atoms with van der Waals surface area (Å²) in [5.41, 5.74) is 4.52. The Labute approximate surface area is 200 Å². The van der Waals surface area contributed by atoms with Crippen molar-refractivity contribution in [1.29, 1.82) is 0 Å². The summed E-state index contributed by atoms with van der Waals surface area (Å²) in [5.74, 6) is 0. The Morgan fingerprint density at radius 1 is 0.294 bits per heavy atom. The minimum Gasteiger partial charge on any atom is -0.356 e. The molecule has 0 saturated heterocycles. The average Bonchev–Trinajstić information content (AvgIpc) is 2.91. The van der Waals surface area contributed by atoms with Crippen LogP contribution in [0.5, 0.6) is 0 Å². The maximum atomic E-state index is 3.59. The van der Waals surface area contributed by atoms with Crippen LogP contribution in [0, 0.1) is 0 Å². The second-order valence-electron chi connectivity index (χ2n) is 8.04. The Kier molecular flexibility index (Phi) is 6.50. The van der Waals surface area contributed by atoms with E-state index in [0.29, 0.717) is 0 Å². The third-order valence-electron chi connectivity index (χ3n) is 5.68. The minimum atomic E-state index is 1.12. The molecule has 6 aromatic carbocycles. The maximum absolute atomic E-state index is 3.59. The van der Waals surface area contributed by atoms with E-state index in [0.717, 1.165) is 22.7 Å². The van der Waals surface area contributed by atoms with Crippen molar-refractivity contribution in [2.24, 2.45) is 0 Å². The zero-order valence-electron chi connectivity index (χ0n) is 18.9. The molecule has 0 aliphatic carbocycles. The second-order valence-corrected chi connectivity index (χ2v) is 8.04. The van der Waals surface area contributed by atoms with Crippen molar-refractivity contribution in [3.63, 3.8) is 0 Å². The van der Waals surface area contributed by atoms with Gasteiger partial charge in [-0.05, 0) is 47.2 Å². The highest BCUT2D eigenvalue weighted by Crippen LogP contribution is 2.30. The van der Waals surface area contributed by atoms with Crippen LogP contribution in [0.3, 0.4) is 0 Å². The van der Waals surface area contributed by atoms with E-state index in [2.05, 4.69) is 95.6 Å². The number of hydrogen-bond donors (Lipinski definition) is 2. The lowest BCUT2D eigenvalue weighted by Crippen LogP contribution is -1.92. The third-order valence-corrected chi connectivity index (χ3v) is 5.68. The van der Waals surface area contributed by atoms with Gasteiger partial charge in [-0.1, -0.05) is 109 Å². The van der Waals surface area contributed by atoms with Crippen molar-refractivity contribution in [2.45, 2.75) is 0 Å². The molecule has 0 atom stereocenters. The van der Waals surface area contributed by atoms with E-state index in [1.807, 2.05) is 60.7 Å². The van der Waals surface area contributed by atoms with Gasteiger partial charge in [-0.2, -0.15) is 0 Å². The molecule has 0 amide bonds. The molecule has 0 bridgehead atoms. The lowest BCUT2D eigenvalue weighted by atomic mass is 10.1. The van der Waals surface area contributed by atoms with Crippen molar-refractivity contribution in [2.75, 3.05) is 10.6 Å². The first-order chi connectivity index (χ1) is 16.9. The molecule has 34 heavy (non-hydrogen) atoms. The van der Waals surface area contributed by atoms with Gasteiger partial charge in [-0.25, -0.2) is 0 Å². The first-order valence-electron chi connectivity index (χ1n) is 11.5. The van der Waals surface area contributed by atoms with Crippen LogP contribution in [0.2, 0.25) is 0 Å². The Morgan fingerprint density at radius 2 is 0.676 bits per heavy atom. The number of anilines is 4. The van der Waals surface area contributed by atoms with Crippen LogP contribution in [-0.2, 0) is 0 Å². The van der Waals surface area contributed by atoms with Crippen LogP contribution in [0.4, 0.5) is 22.7 Å². The Bertz CT molecular complexity index is 1370. The zero-order valence-corrected chi connectivity index (χ0v) is 18.9. The first kappa shape index (κ1) is 21.3. The van der Waals surface area contributed by atoms with Crippen molar-refractivity contribution in [1.82, 2.24) is 0 Å². The minimum absolute atomic E-state index is 1.12. The number of para-hydroxylation sites is 2. The Balaban J connectivity index is 0.000000159. The average molecular weight is 439 g/mol. The Morgan fingerprint density at radius 3 is 1.15 bits per heavy atom. The quantitative estimate of drug-likeness (QED) is 0.287. The summed E-state index contributed by atoms with van der Waals surface area (Å²) >= 11 is 0. The smallest absolute Gasteiger partial charge is 0.0464 e. The van der Waals surface area contributed by atoms with Gasteiger partial charge in [0.05, 0.1) is 0 Å². The molecule has 2 heteroatoms. The lowest BCUT2D eigenvalue weighted by molar-refractivity contribution is 1.55. The van der Waals surface area contributed by atoms with Crippen LogP contribution in [-0.4, -0.2) is 0 Å². The van der Waals surface area contributed by atoms with Gasteiger partial charge in [0.15, 0.2) is 0 Å². The van der Waals surface area contributed by atoms with E-state index in [-0.39, 0.29) is 0 Å². The van der Waals surface area contributed by atoms with Gasteiger partial charge in [0.2, 0.25) is 0 Å². The highest BCUT2D eigenvalue weighted by atomic mass is 14.9. The van der Waals surface area contributed by atoms with Crippen molar-refractivity contribution >= 4 is 44.3 Å². The summed E-state index contributed by atoms with van der Waals surface area (Å²) in [5, 5.41) is 11.9. The normalized spacial score (nSPS) is 10.4. The molecule has 0 fully saturated rings. The molecule has 0 spiro atoms. The van der Waals surface area contributed by atoms with Crippen molar-refractivity contribution < 1.29 is 0 Å². The zero-order chi connectivity index (χ0) is 23.0. The fraction of sp³-hybridized carbons (Fsp3) is 0. The van der Waals surface area contributed by atoms with Crippen LogP contribution in [0.25, 0.3) is 21.5 Å². The largest absolute Gasteiger partial charge is 0.356 e. The first-order valence-corrected chi connectivity index (χ1v) is 11.5. The van der Waals surface area contributed by atoms with Crippen molar-refractivity contribution in [3.8, 4) is 0 Å². The van der Waals surface area contributed by atoms with E-state index >= 15 is 0 Å². The molecule has 0 unspecified atom stereocenters. The van der Waals surface area contributed by atoms with Gasteiger partial charge >= 0.3 is 0 Å². The number of benzene rings is 6. The summed E-state index contributed by atoms with van der Waals surface area (Å²) in [7, 11) is 0. The molecule has 0 aliphatic rings. The van der Waals surface area contributed by atoms with Crippen LogP contribution in [0.15, 0.2) is 146 Å². The summed E-state index contributed by atoms with van der Waals surface area (Å²) in [6.07, 6.45) is 0. The van der Waals surface area contributed by atoms with E-state index in [1.54, 1.807) is 0 Å². The van der Waals surface area contributed by atoms with E-state index in [4.69, 9.17) is 0 Å². The summed E-state index contributed by atoms with van der Waals surface area (Å²) in [6.45, 7) is 0.